The van der Waals surface area contributed by atoms with Crippen molar-refractivity contribution >= 4 is 0 Å². The summed E-state index contributed by atoms with van der Waals surface area (Å²) in [7, 11) is 0. The molecule has 2 aliphatic rings. The van der Waals surface area contributed by atoms with Gasteiger partial charge in [0, 0.05) is 32.2 Å². The second-order valence-electron chi connectivity index (χ2n) is 6.68. The molecule has 1 saturated heterocycles. The van der Waals surface area contributed by atoms with Gasteiger partial charge in [-0.15, -0.1) is 0 Å². The van der Waals surface area contributed by atoms with Crippen molar-refractivity contribution in [2.24, 2.45) is 5.92 Å². The molecule has 0 aromatic heterocycles. The third-order valence-corrected chi connectivity index (χ3v) is 4.56. The summed E-state index contributed by atoms with van der Waals surface area (Å²) in [5, 5.41) is 3.45. The van der Waals surface area contributed by atoms with E-state index in [0.717, 1.165) is 43.6 Å². The lowest BCUT2D eigenvalue weighted by Crippen LogP contribution is -2.45. The zero-order valence-corrected chi connectivity index (χ0v) is 13.8. The topological polar surface area (TPSA) is 33.7 Å². The molecule has 2 heterocycles. The van der Waals surface area contributed by atoms with E-state index in [2.05, 4.69) is 42.3 Å². The van der Waals surface area contributed by atoms with Crippen LogP contribution in [0.15, 0.2) is 18.2 Å². The van der Waals surface area contributed by atoms with Gasteiger partial charge in [0.1, 0.15) is 13.2 Å². The third-order valence-electron chi connectivity index (χ3n) is 4.56. The molecule has 4 heteroatoms. The van der Waals surface area contributed by atoms with Crippen molar-refractivity contribution in [1.82, 2.24) is 10.2 Å². The van der Waals surface area contributed by atoms with E-state index < -0.39 is 0 Å². The summed E-state index contributed by atoms with van der Waals surface area (Å²) in [6.45, 7) is 10.3. The van der Waals surface area contributed by atoms with E-state index in [-0.39, 0.29) is 0 Å². The van der Waals surface area contributed by atoms with Crippen LogP contribution in [0.2, 0.25) is 0 Å². The van der Waals surface area contributed by atoms with Gasteiger partial charge in [-0.3, -0.25) is 4.90 Å². The van der Waals surface area contributed by atoms with Gasteiger partial charge in [0.25, 0.3) is 0 Å². The van der Waals surface area contributed by atoms with Gasteiger partial charge < -0.3 is 14.8 Å². The minimum Gasteiger partial charge on any atom is -0.486 e. The quantitative estimate of drug-likeness (QED) is 0.907. The van der Waals surface area contributed by atoms with Crippen LogP contribution < -0.4 is 14.8 Å². The number of hydrogen-bond acceptors (Lipinski definition) is 4. The number of benzene rings is 1. The van der Waals surface area contributed by atoms with E-state index in [4.69, 9.17) is 9.47 Å². The standard InChI is InChI=1S/C18H28N2O2/c1-14(2)3-5-16(20-9-7-19-8-10-20)15-4-6-17-18(13-15)22-12-11-21-17/h4,6,13-14,16,19H,3,5,7-12H2,1-2H3/t16-/m1/s1. The molecule has 2 aliphatic heterocycles. The lowest BCUT2D eigenvalue weighted by Gasteiger charge is -2.36. The number of nitrogens with one attached hydrogen (secondary N) is 1. The molecule has 1 N–H and O–H groups in total. The Hall–Kier alpha value is -1.26. The molecule has 1 aromatic rings. The van der Waals surface area contributed by atoms with Crippen LogP contribution in [-0.2, 0) is 0 Å². The lowest BCUT2D eigenvalue weighted by atomic mass is 9.95. The molecule has 1 aromatic carbocycles. The fourth-order valence-electron chi connectivity index (χ4n) is 3.31. The third kappa shape index (κ3) is 3.73. The van der Waals surface area contributed by atoms with Crippen molar-refractivity contribution in [3.8, 4) is 11.5 Å². The molecule has 1 atom stereocenters. The van der Waals surface area contributed by atoms with E-state index >= 15 is 0 Å². The summed E-state index contributed by atoms with van der Waals surface area (Å²) in [6.07, 6.45) is 2.46. The van der Waals surface area contributed by atoms with Crippen LogP contribution >= 0.6 is 0 Å². The highest BCUT2D eigenvalue weighted by atomic mass is 16.6. The largest absolute Gasteiger partial charge is 0.486 e. The molecular weight excluding hydrogens is 276 g/mol. The van der Waals surface area contributed by atoms with Gasteiger partial charge in [0.05, 0.1) is 0 Å². The number of piperazine rings is 1. The Morgan fingerprint density at radius 3 is 2.50 bits per heavy atom. The van der Waals surface area contributed by atoms with Gasteiger partial charge in [-0.25, -0.2) is 0 Å². The highest BCUT2D eigenvalue weighted by Gasteiger charge is 2.24. The molecule has 0 aliphatic carbocycles. The van der Waals surface area contributed by atoms with Gasteiger partial charge in [-0.2, -0.15) is 0 Å². The first-order valence-electron chi connectivity index (χ1n) is 8.58. The fraction of sp³-hybridized carbons (Fsp3) is 0.667. The average molecular weight is 304 g/mol. The van der Waals surface area contributed by atoms with Gasteiger partial charge in [-0.05, 0) is 36.5 Å². The Bertz CT molecular complexity index is 484. The van der Waals surface area contributed by atoms with Gasteiger partial charge in [0.15, 0.2) is 11.5 Å². The number of hydrogen-bond donors (Lipinski definition) is 1. The zero-order valence-electron chi connectivity index (χ0n) is 13.8. The summed E-state index contributed by atoms with van der Waals surface area (Å²) in [6, 6.07) is 6.98. The maximum absolute atomic E-state index is 5.77. The monoisotopic (exact) mass is 304 g/mol. The van der Waals surface area contributed by atoms with Crippen LogP contribution in [0.25, 0.3) is 0 Å². The van der Waals surface area contributed by atoms with Crippen LogP contribution in [0, 0.1) is 5.92 Å². The molecule has 3 rings (SSSR count). The molecule has 0 bridgehead atoms. The molecule has 0 spiro atoms. The van der Waals surface area contributed by atoms with Crippen molar-refractivity contribution in [2.45, 2.75) is 32.7 Å². The number of ether oxygens (including phenoxy) is 2. The van der Waals surface area contributed by atoms with Crippen LogP contribution in [0.3, 0.4) is 0 Å². The van der Waals surface area contributed by atoms with Crippen molar-refractivity contribution in [3.05, 3.63) is 23.8 Å². The number of nitrogens with zero attached hydrogens (tertiary/aromatic N) is 1. The molecule has 122 valence electrons. The molecule has 0 saturated carbocycles. The molecule has 0 amide bonds. The van der Waals surface area contributed by atoms with Crippen LogP contribution in [0.1, 0.15) is 38.3 Å². The zero-order chi connectivity index (χ0) is 15.4. The van der Waals surface area contributed by atoms with Crippen LogP contribution in [-0.4, -0.2) is 44.3 Å². The van der Waals surface area contributed by atoms with Gasteiger partial charge in [0.2, 0.25) is 0 Å². The fourth-order valence-corrected chi connectivity index (χ4v) is 3.31. The smallest absolute Gasteiger partial charge is 0.161 e. The summed E-state index contributed by atoms with van der Waals surface area (Å²) in [5.74, 6) is 2.54. The molecular formula is C18H28N2O2. The van der Waals surface area contributed by atoms with Crippen molar-refractivity contribution in [1.29, 1.82) is 0 Å². The SMILES string of the molecule is CC(C)CC[C@H](c1ccc2c(c1)OCCO2)N1CCNCC1. The van der Waals surface area contributed by atoms with Crippen molar-refractivity contribution in [2.75, 3.05) is 39.4 Å². The van der Waals surface area contributed by atoms with Crippen molar-refractivity contribution in [3.63, 3.8) is 0 Å². The second kappa shape index (κ2) is 7.34. The Kier molecular flexibility index (Phi) is 5.21. The lowest BCUT2D eigenvalue weighted by molar-refractivity contribution is 0.155. The molecule has 4 nitrogen and oxygen atoms in total. The maximum atomic E-state index is 5.77. The Morgan fingerprint density at radius 2 is 1.77 bits per heavy atom. The first kappa shape index (κ1) is 15.6. The predicted octanol–water partition coefficient (Wildman–Crippen LogP) is 2.84. The number of fused-ring (bicyclic) bond motifs is 1. The minimum absolute atomic E-state index is 0.486. The van der Waals surface area contributed by atoms with E-state index in [1.54, 1.807) is 0 Å². The Balaban J connectivity index is 1.80. The summed E-state index contributed by atoms with van der Waals surface area (Å²) < 4.78 is 11.4. The molecule has 1 fully saturated rings. The Labute approximate surface area is 133 Å². The van der Waals surface area contributed by atoms with E-state index in [1.165, 1.54) is 18.4 Å². The molecule has 0 unspecified atom stereocenters. The highest BCUT2D eigenvalue weighted by molar-refractivity contribution is 5.44. The van der Waals surface area contributed by atoms with E-state index in [0.29, 0.717) is 19.3 Å². The molecule has 22 heavy (non-hydrogen) atoms. The van der Waals surface area contributed by atoms with Crippen LogP contribution in [0.5, 0.6) is 11.5 Å². The predicted molar refractivity (Wildman–Crippen MR) is 88.7 cm³/mol. The summed E-state index contributed by atoms with van der Waals surface area (Å²) in [4.78, 5) is 2.62. The van der Waals surface area contributed by atoms with Gasteiger partial charge >= 0.3 is 0 Å². The number of rotatable bonds is 5. The highest BCUT2D eigenvalue weighted by Crippen LogP contribution is 2.36. The normalized spacial score (nSPS) is 20.1. The first-order valence-corrected chi connectivity index (χ1v) is 8.58. The van der Waals surface area contributed by atoms with Crippen molar-refractivity contribution < 1.29 is 9.47 Å². The van der Waals surface area contributed by atoms with Gasteiger partial charge in [-0.1, -0.05) is 19.9 Å². The van der Waals surface area contributed by atoms with Crippen LogP contribution in [0.4, 0.5) is 0 Å². The maximum Gasteiger partial charge on any atom is 0.161 e. The summed E-state index contributed by atoms with van der Waals surface area (Å²) >= 11 is 0. The first-order chi connectivity index (χ1) is 10.7. The average Bonchev–Trinajstić information content (AvgIpc) is 2.55. The summed E-state index contributed by atoms with van der Waals surface area (Å²) in [5.41, 5.74) is 1.37. The minimum atomic E-state index is 0.486. The van der Waals surface area contributed by atoms with E-state index in [1.807, 2.05) is 0 Å². The second-order valence-corrected chi connectivity index (χ2v) is 6.68. The Morgan fingerprint density at radius 1 is 1.05 bits per heavy atom. The molecule has 0 radical (unpaired) electrons. The van der Waals surface area contributed by atoms with E-state index in [9.17, 15) is 0 Å².